The Morgan fingerprint density at radius 3 is 1.62 bits per heavy atom. The second-order valence-electron chi connectivity index (χ2n) is 15.9. The molecule has 4 aliphatic rings. The normalized spacial score (nSPS) is 25.2. The van der Waals surface area contributed by atoms with Crippen molar-refractivity contribution in [2.24, 2.45) is 0 Å². The summed E-state index contributed by atoms with van der Waals surface area (Å²) in [5.74, 6) is -12.6. The molecule has 0 amide bonds. The molecule has 14 N–H and O–H groups in total. The number of phenolic OH excluding ortho intramolecular Hbond substituents is 11. The molecule has 0 saturated heterocycles. The summed E-state index contributed by atoms with van der Waals surface area (Å²) in [5, 5.41) is 155. The average Bonchev–Trinajstić information content (AvgIpc) is 3.22. The molecule has 0 aromatic heterocycles. The summed E-state index contributed by atoms with van der Waals surface area (Å²) in [6.07, 6.45) is -8.29. The van der Waals surface area contributed by atoms with Gasteiger partial charge in [-0.1, -0.05) is 12.1 Å². The summed E-state index contributed by atoms with van der Waals surface area (Å²) in [6, 6.07) is 14.8. The number of phenols is 11. The zero-order chi connectivity index (χ0) is 44.5. The molecule has 0 unspecified atom stereocenters. The van der Waals surface area contributed by atoms with Crippen molar-refractivity contribution in [3.63, 3.8) is 0 Å². The number of hydrogen-bond donors (Lipinski definition) is 14. The van der Waals surface area contributed by atoms with Crippen molar-refractivity contribution in [3.8, 4) is 86.2 Å². The molecule has 324 valence electrons. The van der Waals surface area contributed by atoms with Crippen molar-refractivity contribution in [2.45, 2.75) is 54.6 Å². The van der Waals surface area contributed by atoms with Crippen LogP contribution < -0.4 is 18.9 Å². The lowest BCUT2D eigenvalue weighted by atomic mass is 9.71. The first-order chi connectivity index (χ1) is 30.0. The van der Waals surface area contributed by atoms with E-state index in [0.29, 0.717) is 0 Å². The van der Waals surface area contributed by atoms with Crippen molar-refractivity contribution in [1.82, 2.24) is 0 Å². The zero-order valence-corrected chi connectivity index (χ0v) is 32.1. The monoisotopic (exact) mass is 864 g/mol. The quantitative estimate of drug-likeness (QED) is 0.110. The molecule has 6 aromatic carbocycles. The summed E-state index contributed by atoms with van der Waals surface area (Å²) >= 11 is 0. The van der Waals surface area contributed by atoms with Crippen LogP contribution in [0.2, 0.25) is 0 Å². The van der Waals surface area contributed by atoms with Gasteiger partial charge in [-0.15, -0.1) is 0 Å². The Balaban J connectivity index is 1.25. The molecule has 0 saturated carbocycles. The Bertz CT molecular complexity index is 2910. The van der Waals surface area contributed by atoms with Gasteiger partial charge in [-0.25, -0.2) is 0 Å². The lowest BCUT2D eigenvalue weighted by Gasteiger charge is -2.51. The van der Waals surface area contributed by atoms with Crippen LogP contribution in [0.5, 0.6) is 86.2 Å². The van der Waals surface area contributed by atoms with Crippen molar-refractivity contribution < 1.29 is 90.4 Å². The smallest absolute Gasteiger partial charge is 0.305 e. The summed E-state index contributed by atoms with van der Waals surface area (Å²) < 4.78 is 25.6. The standard InChI is InChI=1S/C45H36O18/c46-18-10-27(54)33-31(11-18)62-45(17-3-6-22(49)26(53)9-17)44(59)38(33)36-32(63-45)14-29(56)35-37(39(58)41(61-43(35)36)16-2-5-21(48)25(52)8-16)34-28(55)13-23(50)19-12-30(57)40(60-42(19)34)15-1-4-20(47)24(51)7-15/h1-11,13-14,30,37-41,44,46-59H,12H2/t30-,37-,38+,39+,40+,41-,44+,45-/m0/s1. The Hall–Kier alpha value is -7.80. The SMILES string of the molecule is Oc1cc(O)c2c(c1)O[C@@]1(c3ccc(O)c(O)c3)Oc3cc(O)c4c(c3[C@@H]2[C@H]1O)O[C@@H](c1ccc(O)c(O)c1)[C@H](O)[C@H]4c1c(O)cc(O)c2c1O[C@H](c1ccc(O)c(O)c1)[C@@H](O)C2. The highest BCUT2D eigenvalue weighted by atomic mass is 16.7. The van der Waals surface area contributed by atoms with Crippen LogP contribution in [0.4, 0.5) is 0 Å². The van der Waals surface area contributed by atoms with Crippen molar-refractivity contribution in [1.29, 1.82) is 0 Å². The van der Waals surface area contributed by atoms with Crippen LogP contribution in [0.3, 0.4) is 0 Å². The number of fused-ring (bicyclic) bond motifs is 9. The third-order valence-electron chi connectivity index (χ3n) is 12.2. The minimum atomic E-state index is -2.31. The van der Waals surface area contributed by atoms with Crippen molar-refractivity contribution >= 4 is 0 Å². The fourth-order valence-corrected chi connectivity index (χ4v) is 9.32. The van der Waals surface area contributed by atoms with Crippen LogP contribution in [0.15, 0.2) is 78.9 Å². The van der Waals surface area contributed by atoms with Gasteiger partial charge in [0.05, 0.1) is 17.9 Å². The number of hydrogen-bond acceptors (Lipinski definition) is 18. The van der Waals surface area contributed by atoms with Crippen molar-refractivity contribution in [3.05, 3.63) is 123 Å². The molecule has 0 radical (unpaired) electrons. The number of aliphatic hydroxyl groups excluding tert-OH is 3. The van der Waals surface area contributed by atoms with E-state index in [-0.39, 0.29) is 73.9 Å². The molecule has 2 bridgehead atoms. The molecule has 8 atom stereocenters. The Morgan fingerprint density at radius 1 is 0.444 bits per heavy atom. The minimum absolute atomic E-state index is 0.0325. The van der Waals surface area contributed by atoms with E-state index in [4.69, 9.17) is 18.9 Å². The second kappa shape index (κ2) is 13.6. The van der Waals surface area contributed by atoms with Gasteiger partial charge in [0.25, 0.3) is 0 Å². The van der Waals surface area contributed by atoms with Gasteiger partial charge in [0, 0.05) is 64.1 Å². The van der Waals surface area contributed by atoms with Crippen LogP contribution in [0.1, 0.15) is 68.6 Å². The van der Waals surface area contributed by atoms with E-state index >= 15 is 0 Å². The fourth-order valence-electron chi connectivity index (χ4n) is 9.32. The van der Waals surface area contributed by atoms with Gasteiger partial charge in [-0.05, 0) is 53.6 Å². The highest BCUT2D eigenvalue weighted by molar-refractivity contribution is 5.72. The van der Waals surface area contributed by atoms with Gasteiger partial charge in [0.15, 0.2) is 40.6 Å². The molecular formula is C45H36O18. The molecule has 10 rings (SSSR count). The molecule has 0 spiro atoms. The first-order valence-corrected chi connectivity index (χ1v) is 19.3. The molecule has 0 aliphatic carbocycles. The van der Waals surface area contributed by atoms with Crippen LogP contribution in [-0.2, 0) is 12.2 Å². The summed E-state index contributed by atoms with van der Waals surface area (Å²) in [7, 11) is 0. The summed E-state index contributed by atoms with van der Waals surface area (Å²) in [6.45, 7) is 0. The van der Waals surface area contributed by atoms with E-state index in [1.807, 2.05) is 0 Å². The maximum absolute atomic E-state index is 12.5. The number of aliphatic hydroxyl groups is 3. The topological polar surface area (TPSA) is 320 Å². The molecule has 18 nitrogen and oxygen atoms in total. The molecule has 18 heteroatoms. The Morgan fingerprint density at radius 2 is 0.984 bits per heavy atom. The molecule has 4 heterocycles. The molecule has 63 heavy (non-hydrogen) atoms. The van der Waals surface area contributed by atoms with E-state index in [9.17, 15) is 71.5 Å². The van der Waals surface area contributed by atoms with Crippen molar-refractivity contribution in [2.75, 3.05) is 0 Å². The Labute approximate surface area is 354 Å². The number of ether oxygens (including phenoxy) is 4. The van der Waals surface area contributed by atoms with E-state index in [1.165, 1.54) is 18.2 Å². The van der Waals surface area contributed by atoms with Crippen LogP contribution >= 0.6 is 0 Å². The van der Waals surface area contributed by atoms with E-state index in [1.54, 1.807) is 0 Å². The minimum Gasteiger partial charge on any atom is -0.508 e. The second-order valence-corrected chi connectivity index (χ2v) is 15.9. The lowest BCUT2D eigenvalue weighted by Crippen LogP contribution is -2.57. The predicted molar refractivity (Wildman–Crippen MR) is 212 cm³/mol. The lowest BCUT2D eigenvalue weighted by molar-refractivity contribution is -0.219. The predicted octanol–water partition coefficient (Wildman–Crippen LogP) is 4.24. The van der Waals surface area contributed by atoms with Gasteiger partial charge < -0.3 is 90.4 Å². The highest BCUT2D eigenvalue weighted by Gasteiger charge is 2.61. The first-order valence-electron chi connectivity index (χ1n) is 19.3. The maximum atomic E-state index is 12.5. The van der Waals surface area contributed by atoms with E-state index in [2.05, 4.69) is 0 Å². The van der Waals surface area contributed by atoms with E-state index in [0.717, 1.165) is 60.7 Å². The van der Waals surface area contributed by atoms with Gasteiger partial charge in [-0.3, -0.25) is 0 Å². The van der Waals surface area contributed by atoms with Gasteiger partial charge in [0.2, 0.25) is 0 Å². The number of aromatic hydroxyl groups is 11. The molecular weight excluding hydrogens is 828 g/mol. The average molecular weight is 865 g/mol. The fraction of sp³-hybridized carbons (Fsp3) is 0.200. The number of benzene rings is 6. The molecule has 6 aromatic rings. The number of rotatable bonds is 4. The third kappa shape index (κ3) is 5.68. The summed E-state index contributed by atoms with van der Waals surface area (Å²) in [5.41, 5.74) is -0.583. The maximum Gasteiger partial charge on any atom is 0.305 e. The van der Waals surface area contributed by atoms with Gasteiger partial charge in [-0.2, -0.15) is 0 Å². The van der Waals surface area contributed by atoms with E-state index < -0.39 is 111 Å². The zero-order valence-electron chi connectivity index (χ0n) is 32.1. The summed E-state index contributed by atoms with van der Waals surface area (Å²) in [4.78, 5) is 0. The van der Waals surface area contributed by atoms with Crippen LogP contribution in [0, 0.1) is 0 Å². The van der Waals surface area contributed by atoms with Crippen LogP contribution in [-0.4, -0.2) is 89.8 Å². The highest BCUT2D eigenvalue weighted by Crippen LogP contribution is 2.65. The molecule has 0 fully saturated rings. The largest absolute Gasteiger partial charge is 0.508 e. The van der Waals surface area contributed by atoms with Crippen LogP contribution in [0.25, 0.3) is 0 Å². The van der Waals surface area contributed by atoms with Gasteiger partial charge >= 0.3 is 5.79 Å². The first kappa shape index (κ1) is 39.3. The third-order valence-corrected chi connectivity index (χ3v) is 12.2. The Kier molecular flexibility index (Phi) is 8.49. The van der Waals surface area contributed by atoms with Gasteiger partial charge in [0.1, 0.15) is 70.1 Å². The molecule has 4 aliphatic heterocycles.